The van der Waals surface area contributed by atoms with Gasteiger partial charge in [-0.2, -0.15) is 13.2 Å². The Morgan fingerprint density at radius 1 is 1.38 bits per heavy atom. The molecule has 3 nitrogen and oxygen atoms in total. The van der Waals surface area contributed by atoms with Gasteiger partial charge < -0.3 is 9.64 Å². The molecule has 21 heavy (non-hydrogen) atoms. The lowest BCUT2D eigenvalue weighted by molar-refractivity contribution is -0.140. The predicted octanol–water partition coefficient (Wildman–Crippen LogP) is 3.10. The van der Waals surface area contributed by atoms with Crippen molar-refractivity contribution in [3.05, 3.63) is 35.1 Å². The Hall–Kier alpha value is -1.63. The molecule has 0 heterocycles. The number of halogens is 4. The van der Waals surface area contributed by atoms with E-state index in [0.29, 0.717) is 6.07 Å². The van der Waals surface area contributed by atoms with Gasteiger partial charge in [0.25, 0.3) is 5.91 Å². The van der Waals surface area contributed by atoms with Crippen molar-refractivity contribution in [1.82, 2.24) is 4.90 Å². The van der Waals surface area contributed by atoms with E-state index in [9.17, 15) is 22.4 Å². The summed E-state index contributed by atoms with van der Waals surface area (Å²) in [6.45, 7) is 0.485. The monoisotopic (exact) mass is 305 g/mol. The Morgan fingerprint density at radius 3 is 2.57 bits per heavy atom. The minimum atomic E-state index is -4.82. The van der Waals surface area contributed by atoms with Crippen LogP contribution in [-0.2, 0) is 10.9 Å². The summed E-state index contributed by atoms with van der Waals surface area (Å²) >= 11 is 0. The van der Waals surface area contributed by atoms with E-state index >= 15 is 0 Å². The normalized spacial score (nSPS) is 15.1. The minimum absolute atomic E-state index is 0.0402. The van der Waals surface area contributed by atoms with Crippen LogP contribution in [0.25, 0.3) is 0 Å². The third-order valence-electron chi connectivity index (χ3n) is 3.32. The third kappa shape index (κ3) is 3.53. The fourth-order valence-electron chi connectivity index (χ4n) is 2.10. The molecule has 0 atom stereocenters. The van der Waals surface area contributed by atoms with Crippen molar-refractivity contribution in [1.29, 1.82) is 0 Å². The third-order valence-corrected chi connectivity index (χ3v) is 3.32. The van der Waals surface area contributed by atoms with Gasteiger partial charge in [-0.15, -0.1) is 0 Å². The fourth-order valence-corrected chi connectivity index (χ4v) is 2.10. The SMILES string of the molecule is COCCN(C(=O)c1cccc(C(F)(F)F)c1F)C1CC1. The van der Waals surface area contributed by atoms with E-state index in [1.807, 2.05) is 0 Å². The van der Waals surface area contributed by atoms with Crippen molar-refractivity contribution < 1.29 is 27.1 Å². The molecule has 0 aliphatic heterocycles. The lowest BCUT2D eigenvalue weighted by Crippen LogP contribution is -2.36. The number of carbonyl (C=O) groups excluding carboxylic acids is 1. The van der Waals surface area contributed by atoms with E-state index in [0.717, 1.165) is 25.0 Å². The fraction of sp³-hybridized carbons (Fsp3) is 0.500. The molecule has 0 bridgehead atoms. The molecule has 0 aromatic heterocycles. The second kappa shape index (κ2) is 6.01. The number of alkyl halides is 3. The van der Waals surface area contributed by atoms with Gasteiger partial charge in [0.1, 0.15) is 5.82 Å². The van der Waals surface area contributed by atoms with Crippen molar-refractivity contribution in [2.75, 3.05) is 20.3 Å². The van der Waals surface area contributed by atoms with Crippen LogP contribution in [0.5, 0.6) is 0 Å². The number of ether oxygens (including phenoxy) is 1. The summed E-state index contributed by atoms with van der Waals surface area (Å²) in [7, 11) is 1.46. The van der Waals surface area contributed by atoms with Gasteiger partial charge >= 0.3 is 6.18 Å². The van der Waals surface area contributed by atoms with Crippen molar-refractivity contribution in [2.45, 2.75) is 25.1 Å². The van der Waals surface area contributed by atoms with Crippen LogP contribution < -0.4 is 0 Å². The first kappa shape index (κ1) is 15.8. The summed E-state index contributed by atoms with van der Waals surface area (Å²) in [5, 5.41) is 0. The highest BCUT2D eigenvalue weighted by molar-refractivity contribution is 5.95. The van der Waals surface area contributed by atoms with Gasteiger partial charge in [0.15, 0.2) is 0 Å². The molecule has 1 saturated carbocycles. The number of amides is 1. The van der Waals surface area contributed by atoms with Gasteiger partial charge in [0.2, 0.25) is 0 Å². The molecule has 1 fully saturated rings. The summed E-state index contributed by atoms with van der Waals surface area (Å²) in [5.41, 5.74) is -1.97. The molecule has 1 aliphatic carbocycles. The van der Waals surface area contributed by atoms with Crippen LogP contribution in [0.3, 0.4) is 0 Å². The molecule has 0 N–H and O–H groups in total. The Bertz CT molecular complexity index is 526. The van der Waals surface area contributed by atoms with Crippen molar-refractivity contribution in [3.63, 3.8) is 0 Å². The summed E-state index contributed by atoms with van der Waals surface area (Å²) in [6, 6.07) is 2.71. The molecule has 1 amide bonds. The van der Waals surface area contributed by atoms with Gasteiger partial charge in [-0.05, 0) is 25.0 Å². The first-order valence-corrected chi connectivity index (χ1v) is 6.52. The van der Waals surface area contributed by atoms with E-state index in [4.69, 9.17) is 4.74 Å². The van der Waals surface area contributed by atoms with E-state index < -0.39 is 29.0 Å². The number of benzene rings is 1. The van der Waals surface area contributed by atoms with E-state index in [-0.39, 0.29) is 19.2 Å². The van der Waals surface area contributed by atoms with E-state index in [1.165, 1.54) is 12.0 Å². The van der Waals surface area contributed by atoms with Gasteiger partial charge in [-0.25, -0.2) is 4.39 Å². The zero-order valence-electron chi connectivity index (χ0n) is 11.4. The highest BCUT2D eigenvalue weighted by atomic mass is 19.4. The Morgan fingerprint density at radius 2 is 2.05 bits per heavy atom. The lowest BCUT2D eigenvalue weighted by atomic mass is 10.1. The zero-order valence-corrected chi connectivity index (χ0v) is 11.4. The Balaban J connectivity index is 2.29. The first-order chi connectivity index (χ1) is 9.86. The van der Waals surface area contributed by atoms with Crippen LogP contribution in [0, 0.1) is 5.82 Å². The average molecular weight is 305 g/mol. The van der Waals surface area contributed by atoms with Gasteiger partial charge in [-0.3, -0.25) is 4.79 Å². The molecule has 7 heteroatoms. The summed E-state index contributed by atoms with van der Waals surface area (Å²) in [6.07, 6.45) is -3.27. The quantitative estimate of drug-likeness (QED) is 0.782. The number of hydrogen-bond acceptors (Lipinski definition) is 2. The first-order valence-electron chi connectivity index (χ1n) is 6.52. The number of hydrogen-bond donors (Lipinski definition) is 0. The highest BCUT2D eigenvalue weighted by Crippen LogP contribution is 2.34. The number of rotatable bonds is 5. The minimum Gasteiger partial charge on any atom is -0.383 e. The van der Waals surface area contributed by atoms with E-state index in [2.05, 4.69) is 0 Å². The standard InChI is InChI=1S/C14H15F4NO2/c1-21-8-7-19(9-5-6-9)13(20)10-3-2-4-11(12(10)15)14(16,17)18/h2-4,9H,5-8H2,1H3. The van der Waals surface area contributed by atoms with E-state index in [1.54, 1.807) is 0 Å². The Labute approximate surface area is 119 Å². The smallest absolute Gasteiger partial charge is 0.383 e. The molecule has 0 saturated heterocycles. The molecule has 116 valence electrons. The van der Waals surface area contributed by atoms with Crippen molar-refractivity contribution >= 4 is 5.91 Å². The summed E-state index contributed by atoms with van der Waals surface area (Å²) in [5.74, 6) is -2.24. The molecule has 2 rings (SSSR count). The maximum atomic E-state index is 14.0. The zero-order chi connectivity index (χ0) is 15.6. The summed E-state index contributed by atoms with van der Waals surface area (Å²) in [4.78, 5) is 13.7. The predicted molar refractivity (Wildman–Crippen MR) is 67.3 cm³/mol. The highest BCUT2D eigenvalue weighted by Gasteiger charge is 2.38. The van der Waals surface area contributed by atoms with Crippen LogP contribution in [0.15, 0.2) is 18.2 Å². The largest absolute Gasteiger partial charge is 0.419 e. The van der Waals surface area contributed by atoms with Crippen LogP contribution in [0.4, 0.5) is 17.6 Å². The second-order valence-electron chi connectivity index (χ2n) is 4.89. The molecule has 1 aliphatic rings. The van der Waals surface area contributed by atoms with Gasteiger partial charge in [0.05, 0.1) is 17.7 Å². The average Bonchev–Trinajstić information content (AvgIpc) is 3.22. The second-order valence-corrected chi connectivity index (χ2v) is 4.89. The number of carbonyl (C=O) groups is 1. The Kier molecular flexibility index (Phi) is 4.51. The van der Waals surface area contributed by atoms with Crippen LogP contribution in [0.2, 0.25) is 0 Å². The molecule has 0 spiro atoms. The van der Waals surface area contributed by atoms with Crippen LogP contribution in [-0.4, -0.2) is 37.1 Å². The number of methoxy groups -OCH3 is 1. The van der Waals surface area contributed by atoms with Crippen molar-refractivity contribution in [2.24, 2.45) is 0 Å². The maximum Gasteiger partial charge on any atom is 0.419 e. The molecule has 1 aromatic carbocycles. The van der Waals surface area contributed by atoms with Crippen molar-refractivity contribution in [3.8, 4) is 0 Å². The van der Waals surface area contributed by atoms with Crippen LogP contribution in [0.1, 0.15) is 28.8 Å². The summed E-state index contributed by atoms with van der Waals surface area (Å²) < 4.78 is 56.9. The molecule has 0 unspecified atom stereocenters. The molecule has 0 radical (unpaired) electrons. The van der Waals surface area contributed by atoms with Gasteiger partial charge in [-0.1, -0.05) is 6.07 Å². The van der Waals surface area contributed by atoms with Crippen LogP contribution >= 0.6 is 0 Å². The molecule has 1 aromatic rings. The maximum absolute atomic E-state index is 14.0. The lowest BCUT2D eigenvalue weighted by Gasteiger charge is -2.23. The molecular formula is C14H15F4NO2. The van der Waals surface area contributed by atoms with Gasteiger partial charge in [0, 0.05) is 19.7 Å². The number of nitrogens with zero attached hydrogens (tertiary/aromatic N) is 1. The molecular weight excluding hydrogens is 290 g/mol. The topological polar surface area (TPSA) is 29.5 Å².